The Morgan fingerprint density at radius 1 is 0.522 bits per heavy atom. The van der Waals surface area contributed by atoms with Gasteiger partial charge in [-0.3, -0.25) is 9.59 Å². The molecule has 0 radical (unpaired) electrons. The number of rotatable bonds is 16. The molecule has 0 aromatic heterocycles. The van der Waals surface area contributed by atoms with Gasteiger partial charge in [0.25, 0.3) is 0 Å². The fourth-order valence-electron chi connectivity index (χ4n) is 11.0. The standard InChI is InChI=1S/C61H60N2O4/c1-41-15-9-19-45(33-41)37-60(66,55(49-25-11-17-43(3)35-49)53-29-13-23-47-21-5-7-27-51(47)53)39-63(58(65)59(31-32-59)57(62)64)40-61(67,38-46-20-10-16-42(2)34-46)56(50-26-12-18-44(4)36-50)54-30-14-24-48-22-6-8-28-52(48)54/h5-30,33-36,55-56,66-67H,31-32,37-40H2,1-4H3,(H2,62,64). The summed E-state index contributed by atoms with van der Waals surface area (Å²) < 4.78 is 0. The molecular weight excluding hydrogens is 825 g/mol. The fraction of sp³-hybridized carbons (Fsp3) is 0.246. The summed E-state index contributed by atoms with van der Waals surface area (Å²) in [5.74, 6) is -2.52. The molecule has 0 heterocycles. The lowest BCUT2D eigenvalue weighted by atomic mass is 9.70. The van der Waals surface area contributed by atoms with Crippen molar-refractivity contribution in [2.45, 2.75) is 76.4 Å². The van der Waals surface area contributed by atoms with E-state index in [-0.39, 0.29) is 25.9 Å². The maximum absolute atomic E-state index is 15.8. The maximum atomic E-state index is 15.8. The molecule has 0 aliphatic heterocycles. The van der Waals surface area contributed by atoms with Gasteiger partial charge in [0.15, 0.2) is 0 Å². The minimum Gasteiger partial charge on any atom is -0.387 e. The normalized spacial score (nSPS) is 15.9. The number of aryl methyl sites for hydroxylation is 4. The molecule has 338 valence electrons. The minimum absolute atomic E-state index is 0.158. The number of fused-ring (bicyclic) bond motifs is 2. The van der Waals surface area contributed by atoms with Crippen LogP contribution in [-0.4, -0.2) is 51.2 Å². The summed E-state index contributed by atoms with van der Waals surface area (Å²) in [5.41, 5.74) is 10.8. The topological polar surface area (TPSA) is 104 Å². The Kier molecular flexibility index (Phi) is 12.5. The smallest absolute Gasteiger partial charge is 0.238 e. The largest absolute Gasteiger partial charge is 0.387 e. The summed E-state index contributed by atoms with van der Waals surface area (Å²) in [6, 6.07) is 61.5. The first kappa shape index (κ1) is 45.3. The number of carbonyl (C=O) groups excluding carboxylic acids is 2. The van der Waals surface area contributed by atoms with E-state index in [4.69, 9.17) is 5.73 Å². The lowest BCUT2D eigenvalue weighted by molar-refractivity contribution is -0.150. The second-order valence-electron chi connectivity index (χ2n) is 19.5. The van der Waals surface area contributed by atoms with E-state index in [2.05, 4.69) is 84.9 Å². The highest BCUT2D eigenvalue weighted by atomic mass is 16.3. The molecule has 8 aromatic carbocycles. The van der Waals surface area contributed by atoms with Crippen molar-refractivity contribution in [3.05, 3.63) is 238 Å². The monoisotopic (exact) mass is 884 g/mol. The van der Waals surface area contributed by atoms with Crippen LogP contribution < -0.4 is 5.73 Å². The zero-order valence-corrected chi connectivity index (χ0v) is 39.0. The fourth-order valence-corrected chi connectivity index (χ4v) is 11.0. The van der Waals surface area contributed by atoms with E-state index in [9.17, 15) is 15.0 Å². The summed E-state index contributed by atoms with van der Waals surface area (Å²) in [6.45, 7) is 7.73. The highest BCUT2D eigenvalue weighted by Gasteiger charge is 2.59. The van der Waals surface area contributed by atoms with Crippen LogP contribution in [0.2, 0.25) is 0 Å². The summed E-state index contributed by atoms with van der Waals surface area (Å²) in [4.78, 5) is 31.0. The van der Waals surface area contributed by atoms with Crippen LogP contribution in [0, 0.1) is 33.1 Å². The Balaban J connectivity index is 1.30. The Morgan fingerprint density at radius 3 is 1.28 bits per heavy atom. The Labute approximate surface area is 394 Å². The molecule has 6 nitrogen and oxygen atoms in total. The van der Waals surface area contributed by atoms with Crippen LogP contribution in [0.15, 0.2) is 182 Å². The predicted molar refractivity (Wildman–Crippen MR) is 271 cm³/mol. The van der Waals surface area contributed by atoms with Gasteiger partial charge in [-0.15, -0.1) is 0 Å². The van der Waals surface area contributed by atoms with Crippen molar-refractivity contribution in [1.29, 1.82) is 0 Å². The zero-order chi connectivity index (χ0) is 46.9. The number of nitrogens with two attached hydrogens (primary N) is 1. The van der Waals surface area contributed by atoms with Crippen LogP contribution in [0.4, 0.5) is 0 Å². The second kappa shape index (κ2) is 18.4. The van der Waals surface area contributed by atoms with Crippen molar-refractivity contribution < 1.29 is 19.8 Å². The first-order chi connectivity index (χ1) is 32.2. The van der Waals surface area contributed by atoms with Gasteiger partial charge >= 0.3 is 0 Å². The molecule has 4 N–H and O–H groups in total. The van der Waals surface area contributed by atoms with Gasteiger partial charge in [-0.2, -0.15) is 0 Å². The van der Waals surface area contributed by atoms with Crippen LogP contribution in [0.3, 0.4) is 0 Å². The van der Waals surface area contributed by atoms with Crippen molar-refractivity contribution in [2.75, 3.05) is 13.1 Å². The molecule has 1 fully saturated rings. The molecule has 9 rings (SSSR count). The third-order valence-corrected chi connectivity index (χ3v) is 14.1. The van der Waals surface area contributed by atoms with Gasteiger partial charge in [-0.25, -0.2) is 0 Å². The second-order valence-corrected chi connectivity index (χ2v) is 19.5. The molecular formula is C61H60N2O4. The van der Waals surface area contributed by atoms with Gasteiger partial charge in [-0.05, 0) is 95.5 Å². The van der Waals surface area contributed by atoms with E-state index >= 15 is 4.79 Å². The average Bonchev–Trinajstić information content (AvgIpc) is 4.12. The van der Waals surface area contributed by atoms with Gasteiger partial charge in [0.1, 0.15) is 5.41 Å². The lowest BCUT2D eigenvalue weighted by Gasteiger charge is -2.46. The number of amides is 2. The molecule has 8 aromatic rings. The number of hydrogen-bond donors (Lipinski definition) is 3. The number of carbonyl (C=O) groups is 2. The SMILES string of the molecule is Cc1cccc(CC(O)(CN(CC(O)(Cc2cccc(C)c2)C(c2cccc(C)c2)c2cccc3ccccc23)C(=O)C2(C(N)=O)CC2)C(c2cccc(C)c2)c2cccc3ccccc23)c1. The van der Waals surface area contributed by atoms with Crippen LogP contribution in [-0.2, 0) is 22.4 Å². The van der Waals surface area contributed by atoms with Gasteiger partial charge in [-0.1, -0.05) is 204 Å². The molecule has 67 heavy (non-hydrogen) atoms. The molecule has 0 bridgehead atoms. The number of hydrogen-bond acceptors (Lipinski definition) is 4. The van der Waals surface area contributed by atoms with E-state index in [0.29, 0.717) is 12.8 Å². The third kappa shape index (κ3) is 9.29. The quantitative estimate of drug-likeness (QED) is 0.0841. The number of primary amides is 1. The molecule has 1 saturated carbocycles. The Morgan fingerprint density at radius 2 is 0.896 bits per heavy atom. The molecule has 4 atom stereocenters. The average molecular weight is 885 g/mol. The van der Waals surface area contributed by atoms with Crippen LogP contribution in [0.5, 0.6) is 0 Å². The molecule has 1 aliphatic rings. The number of benzene rings is 8. The van der Waals surface area contributed by atoms with Crippen LogP contribution in [0.1, 0.15) is 80.3 Å². The van der Waals surface area contributed by atoms with Crippen molar-refractivity contribution >= 4 is 33.4 Å². The maximum Gasteiger partial charge on any atom is 0.238 e. The Bertz CT molecular complexity index is 2920. The van der Waals surface area contributed by atoms with E-state index in [1.807, 2.05) is 125 Å². The summed E-state index contributed by atoms with van der Waals surface area (Å²) in [7, 11) is 0. The predicted octanol–water partition coefficient (Wildman–Crippen LogP) is 11.2. The van der Waals surface area contributed by atoms with Gasteiger partial charge in [0, 0.05) is 24.7 Å². The molecule has 2 amide bonds. The minimum atomic E-state index is -1.71. The van der Waals surface area contributed by atoms with E-state index in [1.54, 1.807) is 4.90 Å². The molecule has 0 saturated heterocycles. The third-order valence-electron chi connectivity index (χ3n) is 14.1. The molecule has 0 spiro atoms. The van der Waals surface area contributed by atoms with E-state index in [0.717, 1.165) is 77.2 Å². The summed E-state index contributed by atoms with van der Waals surface area (Å²) in [6.07, 6.45) is 0.898. The number of aliphatic hydroxyl groups is 2. The summed E-state index contributed by atoms with van der Waals surface area (Å²) >= 11 is 0. The van der Waals surface area contributed by atoms with Crippen molar-refractivity contribution in [1.82, 2.24) is 4.90 Å². The van der Waals surface area contributed by atoms with E-state index < -0.39 is 40.3 Å². The summed E-state index contributed by atoms with van der Waals surface area (Å²) in [5, 5.41) is 32.6. The molecule has 4 unspecified atom stereocenters. The van der Waals surface area contributed by atoms with Gasteiger partial charge < -0.3 is 20.8 Å². The van der Waals surface area contributed by atoms with Gasteiger partial charge in [0.05, 0.1) is 24.3 Å². The highest BCUT2D eigenvalue weighted by Crippen LogP contribution is 2.50. The first-order valence-electron chi connectivity index (χ1n) is 23.5. The van der Waals surface area contributed by atoms with Crippen LogP contribution >= 0.6 is 0 Å². The van der Waals surface area contributed by atoms with Gasteiger partial charge in [0.2, 0.25) is 11.8 Å². The van der Waals surface area contributed by atoms with Crippen molar-refractivity contribution in [3.8, 4) is 0 Å². The van der Waals surface area contributed by atoms with Crippen LogP contribution in [0.25, 0.3) is 21.5 Å². The molecule has 6 heteroatoms. The molecule has 1 aliphatic carbocycles. The van der Waals surface area contributed by atoms with Crippen molar-refractivity contribution in [2.24, 2.45) is 11.1 Å². The zero-order valence-electron chi connectivity index (χ0n) is 39.0. The van der Waals surface area contributed by atoms with Crippen molar-refractivity contribution in [3.63, 3.8) is 0 Å². The lowest BCUT2D eigenvalue weighted by Crippen LogP contribution is -2.59. The first-order valence-corrected chi connectivity index (χ1v) is 23.5. The number of nitrogens with zero attached hydrogens (tertiary/aromatic N) is 1. The Hall–Kier alpha value is -6.86. The highest BCUT2D eigenvalue weighted by molar-refractivity contribution is 6.07. The van der Waals surface area contributed by atoms with E-state index in [1.165, 1.54) is 0 Å².